The quantitative estimate of drug-likeness (QED) is 0.444. The third-order valence-electron chi connectivity index (χ3n) is 0.709. The highest BCUT2D eigenvalue weighted by atomic mass is 32.1. The minimum atomic E-state index is -0.306. The number of methoxy groups -OCH3 is 1. The summed E-state index contributed by atoms with van der Waals surface area (Å²) in [5.41, 5.74) is 0. The van der Waals surface area contributed by atoms with Crippen LogP contribution >= 0.6 is 12.2 Å². The summed E-state index contributed by atoms with van der Waals surface area (Å²) >= 11 is 4.64. The van der Waals surface area contributed by atoms with Crippen molar-refractivity contribution in [3.8, 4) is 0 Å². The largest absolute Gasteiger partial charge is 0.468 e. The van der Waals surface area contributed by atoms with Crippen LogP contribution in [0.25, 0.3) is 0 Å². The second-order valence-corrected chi connectivity index (χ2v) is 2.10. The molecular formula is C5H9NO2S. The van der Waals surface area contributed by atoms with Crippen molar-refractivity contribution in [3.05, 3.63) is 0 Å². The van der Waals surface area contributed by atoms with Gasteiger partial charge in [-0.2, -0.15) is 0 Å². The van der Waals surface area contributed by atoms with Crippen LogP contribution in [0.4, 0.5) is 0 Å². The Labute approximate surface area is 59.4 Å². The average Bonchev–Trinajstić information content (AvgIpc) is 1.83. The van der Waals surface area contributed by atoms with Crippen molar-refractivity contribution in [1.29, 1.82) is 0 Å². The number of carbonyl (C=O) groups is 1. The molecule has 1 N–H and O–H groups in total. The first kappa shape index (κ1) is 8.36. The number of thiocarbonyl (C=S) groups is 1. The van der Waals surface area contributed by atoms with Crippen LogP contribution in [-0.2, 0) is 9.53 Å². The molecule has 0 aromatic rings. The van der Waals surface area contributed by atoms with Crippen LogP contribution in [0.2, 0.25) is 0 Å². The van der Waals surface area contributed by atoms with Gasteiger partial charge in [-0.3, -0.25) is 4.79 Å². The van der Waals surface area contributed by atoms with Crippen molar-refractivity contribution < 1.29 is 9.53 Å². The predicted octanol–water partition coefficient (Wildman–Crippen LogP) is 0.0963. The SMILES string of the molecule is COC(=O)CNC(C)=S. The molecule has 0 fully saturated rings. The van der Waals surface area contributed by atoms with Gasteiger partial charge in [0.05, 0.1) is 12.1 Å². The predicted molar refractivity (Wildman–Crippen MR) is 38.3 cm³/mol. The van der Waals surface area contributed by atoms with E-state index in [1.165, 1.54) is 7.11 Å². The summed E-state index contributed by atoms with van der Waals surface area (Å²) in [7, 11) is 1.34. The third-order valence-corrected chi connectivity index (χ3v) is 0.854. The van der Waals surface area contributed by atoms with Gasteiger partial charge in [-0.1, -0.05) is 12.2 Å². The van der Waals surface area contributed by atoms with Crippen molar-refractivity contribution in [3.63, 3.8) is 0 Å². The molecule has 0 rings (SSSR count). The Morgan fingerprint density at radius 3 is 2.67 bits per heavy atom. The molecule has 0 atom stereocenters. The van der Waals surface area contributed by atoms with E-state index in [9.17, 15) is 4.79 Å². The number of rotatable bonds is 2. The first-order valence-electron chi connectivity index (χ1n) is 2.48. The van der Waals surface area contributed by atoms with Gasteiger partial charge in [0, 0.05) is 0 Å². The first-order valence-corrected chi connectivity index (χ1v) is 2.89. The molecule has 0 saturated heterocycles. The molecule has 0 aliphatic rings. The number of hydrogen-bond donors (Lipinski definition) is 1. The Balaban J connectivity index is 3.28. The molecule has 0 aliphatic heterocycles. The maximum atomic E-state index is 10.4. The molecule has 0 radical (unpaired) electrons. The molecular weight excluding hydrogens is 138 g/mol. The lowest BCUT2D eigenvalue weighted by atomic mass is 10.6. The van der Waals surface area contributed by atoms with Gasteiger partial charge < -0.3 is 10.1 Å². The molecule has 52 valence electrons. The summed E-state index contributed by atoms with van der Waals surface area (Å²) in [6.45, 7) is 1.87. The summed E-state index contributed by atoms with van der Waals surface area (Å²) in [5.74, 6) is -0.306. The molecule has 0 heterocycles. The van der Waals surface area contributed by atoms with Crippen LogP contribution in [0, 0.1) is 0 Å². The second kappa shape index (κ2) is 4.26. The zero-order chi connectivity index (χ0) is 7.28. The van der Waals surface area contributed by atoms with Gasteiger partial charge in [-0.25, -0.2) is 0 Å². The molecule has 4 heteroatoms. The fourth-order valence-electron chi connectivity index (χ4n) is 0.269. The third kappa shape index (κ3) is 5.23. The summed E-state index contributed by atoms with van der Waals surface area (Å²) < 4.78 is 4.34. The molecule has 0 saturated carbocycles. The molecule has 3 nitrogen and oxygen atoms in total. The molecule has 0 spiro atoms. The van der Waals surface area contributed by atoms with E-state index in [2.05, 4.69) is 22.3 Å². The van der Waals surface area contributed by atoms with Gasteiger partial charge in [0.25, 0.3) is 0 Å². The van der Waals surface area contributed by atoms with Crippen LogP contribution in [0.5, 0.6) is 0 Å². The second-order valence-electron chi connectivity index (χ2n) is 1.49. The number of ether oxygens (including phenoxy) is 1. The molecule has 0 aliphatic carbocycles. The van der Waals surface area contributed by atoms with Crippen LogP contribution in [0.15, 0.2) is 0 Å². The van der Waals surface area contributed by atoms with Crippen LogP contribution < -0.4 is 5.32 Å². The minimum absolute atomic E-state index is 0.159. The molecule has 0 amide bonds. The van der Waals surface area contributed by atoms with Gasteiger partial charge in [-0.05, 0) is 6.92 Å². The van der Waals surface area contributed by atoms with Crippen molar-refractivity contribution in [2.24, 2.45) is 0 Å². The zero-order valence-electron chi connectivity index (χ0n) is 5.43. The van der Waals surface area contributed by atoms with E-state index < -0.39 is 0 Å². The summed E-state index contributed by atoms with van der Waals surface area (Å²) in [4.78, 5) is 11.0. The highest BCUT2D eigenvalue weighted by Gasteiger charge is 1.96. The fraction of sp³-hybridized carbons (Fsp3) is 0.600. The number of hydrogen-bond acceptors (Lipinski definition) is 3. The summed E-state index contributed by atoms with van der Waals surface area (Å²) in [5, 5.41) is 2.65. The molecule has 0 unspecified atom stereocenters. The maximum absolute atomic E-state index is 10.4. The Morgan fingerprint density at radius 2 is 2.33 bits per heavy atom. The first-order chi connectivity index (χ1) is 4.16. The van der Waals surface area contributed by atoms with Crippen molar-refractivity contribution in [2.75, 3.05) is 13.7 Å². The Kier molecular flexibility index (Phi) is 3.96. The monoisotopic (exact) mass is 147 g/mol. The lowest BCUT2D eigenvalue weighted by Gasteiger charge is -1.99. The maximum Gasteiger partial charge on any atom is 0.325 e. The van der Waals surface area contributed by atoms with Gasteiger partial charge >= 0.3 is 5.97 Å². The Morgan fingerprint density at radius 1 is 1.78 bits per heavy atom. The topological polar surface area (TPSA) is 38.3 Å². The zero-order valence-corrected chi connectivity index (χ0v) is 6.25. The molecule has 0 bridgehead atoms. The van der Waals surface area contributed by atoms with Crippen LogP contribution in [0.1, 0.15) is 6.92 Å². The fourth-order valence-corrected chi connectivity index (χ4v) is 0.341. The Hall–Kier alpha value is -0.640. The standard InChI is InChI=1S/C5H9NO2S/c1-4(9)6-3-5(7)8-2/h3H2,1-2H3,(H,6,9). The lowest BCUT2D eigenvalue weighted by Crippen LogP contribution is -2.26. The van der Waals surface area contributed by atoms with Gasteiger partial charge in [0.1, 0.15) is 6.54 Å². The van der Waals surface area contributed by atoms with Crippen LogP contribution in [-0.4, -0.2) is 24.6 Å². The van der Waals surface area contributed by atoms with E-state index >= 15 is 0 Å². The normalized spacial score (nSPS) is 8.22. The lowest BCUT2D eigenvalue weighted by molar-refractivity contribution is -0.139. The summed E-state index contributed by atoms with van der Waals surface area (Å²) in [6, 6.07) is 0. The van der Waals surface area contributed by atoms with Gasteiger partial charge in [0.2, 0.25) is 0 Å². The van der Waals surface area contributed by atoms with E-state index in [1.54, 1.807) is 6.92 Å². The molecule has 0 aromatic heterocycles. The average molecular weight is 147 g/mol. The van der Waals surface area contributed by atoms with E-state index in [-0.39, 0.29) is 12.5 Å². The number of carbonyl (C=O) groups excluding carboxylic acids is 1. The number of esters is 1. The van der Waals surface area contributed by atoms with Gasteiger partial charge in [0.15, 0.2) is 0 Å². The smallest absolute Gasteiger partial charge is 0.325 e. The highest BCUT2D eigenvalue weighted by Crippen LogP contribution is 1.71. The molecule has 9 heavy (non-hydrogen) atoms. The van der Waals surface area contributed by atoms with E-state index in [1.807, 2.05) is 0 Å². The number of nitrogens with one attached hydrogen (secondary N) is 1. The van der Waals surface area contributed by atoms with Crippen molar-refractivity contribution in [1.82, 2.24) is 5.32 Å². The Bertz CT molecular complexity index is 124. The summed E-state index contributed by atoms with van der Waals surface area (Å²) in [6.07, 6.45) is 0. The van der Waals surface area contributed by atoms with Crippen molar-refractivity contribution in [2.45, 2.75) is 6.92 Å². The van der Waals surface area contributed by atoms with E-state index in [4.69, 9.17) is 0 Å². The van der Waals surface area contributed by atoms with Crippen LogP contribution in [0.3, 0.4) is 0 Å². The minimum Gasteiger partial charge on any atom is -0.468 e. The highest BCUT2D eigenvalue weighted by molar-refractivity contribution is 7.80. The molecule has 0 aromatic carbocycles. The van der Waals surface area contributed by atoms with E-state index in [0.717, 1.165) is 0 Å². The van der Waals surface area contributed by atoms with Crippen molar-refractivity contribution >= 4 is 23.2 Å². The van der Waals surface area contributed by atoms with E-state index in [0.29, 0.717) is 4.99 Å². The van der Waals surface area contributed by atoms with Gasteiger partial charge in [-0.15, -0.1) is 0 Å².